The molecular weight excluding hydrogens is 482 g/mol. The minimum atomic E-state index is -4.02. The first-order valence-corrected chi connectivity index (χ1v) is 12.8. The molecule has 1 aromatic heterocycles. The first-order valence-electron chi connectivity index (χ1n) is 10.0. The molecule has 3 rings (SSSR count). The molecule has 0 atom stereocenters. The molecule has 0 spiro atoms. The first-order chi connectivity index (χ1) is 15.8. The Labute approximate surface area is 203 Å². The summed E-state index contributed by atoms with van der Waals surface area (Å²) in [4.78, 5) is 17.0. The highest BCUT2D eigenvalue weighted by Crippen LogP contribution is 2.32. The Balaban J connectivity index is 1.77. The van der Waals surface area contributed by atoms with Crippen molar-refractivity contribution in [2.45, 2.75) is 16.8 Å². The molecule has 0 unspecified atom stereocenters. The molecule has 1 amide bonds. The standard InChI is InChI=1S/C23H24ClN3O4S2/c1-17-6-9-19(10-7-17)33(29,30)27(18-8-11-21(31-2)20(24)15-18)16-22(28)25-13-14-32-23-5-3-4-12-26-23/h3-12,15H,13-14,16H2,1-2H3,(H,25,28). The number of rotatable bonds is 10. The van der Waals surface area contributed by atoms with Gasteiger partial charge >= 0.3 is 0 Å². The van der Waals surface area contributed by atoms with E-state index in [4.69, 9.17) is 16.3 Å². The van der Waals surface area contributed by atoms with Gasteiger partial charge in [-0.25, -0.2) is 13.4 Å². The fourth-order valence-electron chi connectivity index (χ4n) is 2.93. The van der Waals surface area contributed by atoms with Gasteiger partial charge < -0.3 is 10.1 Å². The predicted octanol–water partition coefficient (Wildman–Crippen LogP) is 4.16. The summed E-state index contributed by atoms with van der Waals surface area (Å²) in [6.07, 6.45) is 1.70. The highest BCUT2D eigenvalue weighted by molar-refractivity contribution is 7.99. The van der Waals surface area contributed by atoms with Crippen molar-refractivity contribution in [3.05, 3.63) is 77.4 Å². The normalized spacial score (nSPS) is 11.1. The molecule has 1 N–H and O–H groups in total. The summed E-state index contributed by atoms with van der Waals surface area (Å²) < 4.78 is 33.0. The van der Waals surface area contributed by atoms with Crippen molar-refractivity contribution in [1.29, 1.82) is 0 Å². The molecule has 7 nitrogen and oxygen atoms in total. The number of benzene rings is 2. The number of ether oxygens (including phenoxy) is 1. The lowest BCUT2D eigenvalue weighted by Gasteiger charge is -2.24. The molecular formula is C23H24ClN3O4S2. The maximum atomic E-state index is 13.4. The molecule has 0 aliphatic heterocycles. The lowest BCUT2D eigenvalue weighted by molar-refractivity contribution is -0.119. The number of hydrogen-bond donors (Lipinski definition) is 1. The van der Waals surface area contributed by atoms with Gasteiger partial charge in [0.2, 0.25) is 5.91 Å². The second-order valence-corrected chi connectivity index (χ2v) is 10.4. The quantitative estimate of drug-likeness (QED) is 0.329. The van der Waals surface area contributed by atoms with E-state index in [9.17, 15) is 13.2 Å². The average molecular weight is 506 g/mol. The van der Waals surface area contributed by atoms with Crippen molar-refractivity contribution in [3.63, 3.8) is 0 Å². The van der Waals surface area contributed by atoms with Crippen LogP contribution in [-0.2, 0) is 14.8 Å². The lowest BCUT2D eigenvalue weighted by atomic mass is 10.2. The summed E-state index contributed by atoms with van der Waals surface area (Å²) in [5.41, 5.74) is 1.19. The Kier molecular flexibility index (Phi) is 8.60. The molecule has 0 fully saturated rings. The van der Waals surface area contributed by atoms with Gasteiger partial charge in [-0.05, 0) is 49.4 Å². The van der Waals surface area contributed by atoms with E-state index >= 15 is 0 Å². The molecule has 33 heavy (non-hydrogen) atoms. The summed E-state index contributed by atoms with van der Waals surface area (Å²) in [6, 6.07) is 16.7. The molecule has 0 aliphatic rings. The second kappa shape index (κ2) is 11.4. The van der Waals surface area contributed by atoms with Gasteiger partial charge in [0, 0.05) is 18.5 Å². The van der Waals surface area contributed by atoms with Crippen LogP contribution in [0.25, 0.3) is 0 Å². The number of thioether (sulfide) groups is 1. The number of pyridine rings is 1. The summed E-state index contributed by atoms with van der Waals surface area (Å²) >= 11 is 7.73. The van der Waals surface area contributed by atoms with Crippen LogP contribution in [0.15, 0.2) is 76.8 Å². The molecule has 0 saturated carbocycles. The van der Waals surface area contributed by atoms with Crippen LogP contribution >= 0.6 is 23.4 Å². The third kappa shape index (κ3) is 6.63. The number of aryl methyl sites for hydroxylation is 1. The van der Waals surface area contributed by atoms with E-state index in [1.54, 1.807) is 30.5 Å². The number of sulfonamides is 1. The minimum Gasteiger partial charge on any atom is -0.495 e. The molecule has 1 heterocycles. The molecule has 0 bridgehead atoms. The number of carbonyl (C=O) groups is 1. The monoisotopic (exact) mass is 505 g/mol. The van der Waals surface area contributed by atoms with Gasteiger partial charge in [-0.2, -0.15) is 0 Å². The largest absolute Gasteiger partial charge is 0.495 e. The predicted molar refractivity (Wildman–Crippen MR) is 132 cm³/mol. The van der Waals surface area contributed by atoms with Crippen molar-refractivity contribution in [1.82, 2.24) is 10.3 Å². The highest BCUT2D eigenvalue weighted by atomic mass is 35.5. The van der Waals surface area contributed by atoms with Gasteiger partial charge in [0.25, 0.3) is 10.0 Å². The Morgan fingerprint density at radius 3 is 2.55 bits per heavy atom. The number of nitrogens with zero attached hydrogens (tertiary/aromatic N) is 2. The number of hydrogen-bond acceptors (Lipinski definition) is 6. The molecule has 0 aliphatic carbocycles. The smallest absolute Gasteiger partial charge is 0.264 e. The molecule has 174 valence electrons. The summed E-state index contributed by atoms with van der Waals surface area (Å²) in [5.74, 6) is 0.574. The zero-order chi connectivity index (χ0) is 23.8. The van der Waals surface area contributed by atoms with Crippen LogP contribution in [0, 0.1) is 6.92 Å². The van der Waals surface area contributed by atoms with Gasteiger partial charge in [-0.1, -0.05) is 35.4 Å². The number of amides is 1. The Morgan fingerprint density at radius 1 is 1.15 bits per heavy atom. The van der Waals surface area contributed by atoms with Crippen LogP contribution < -0.4 is 14.4 Å². The van der Waals surface area contributed by atoms with Crippen LogP contribution in [-0.4, -0.2) is 45.3 Å². The van der Waals surface area contributed by atoms with Gasteiger partial charge in [0.05, 0.1) is 27.7 Å². The van der Waals surface area contributed by atoms with Crippen LogP contribution in [0.3, 0.4) is 0 Å². The molecule has 10 heteroatoms. The van der Waals surface area contributed by atoms with E-state index in [1.807, 2.05) is 25.1 Å². The van der Waals surface area contributed by atoms with E-state index in [0.29, 0.717) is 18.0 Å². The number of aromatic nitrogens is 1. The van der Waals surface area contributed by atoms with Crippen molar-refractivity contribution in [3.8, 4) is 5.75 Å². The van der Waals surface area contributed by atoms with Crippen molar-refractivity contribution < 1.29 is 17.9 Å². The number of halogens is 1. The summed E-state index contributed by atoms with van der Waals surface area (Å²) in [7, 11) is -2.55. The number of nitrogens with one attached hydrogen (secondary N) is 1. The first kappa shape index (κ1) is 24.9. The molecule has 3 aromatic rings. The van der Waals surface area contributed by atoms with Crippen molar-refractivity contribution in [2.24, 2.45) is 0 Å². The molecule has 0 radical (unpaired) electrons. The SMILES string of the molecule is COc1ccc(N(CC(=O)NCCSc2ccccn2)S(=O)(=O)c2ccc(C)cc2)cc1Cl. The highest BCUT2D eigenvalue weighted by Gasteiger charge is 2.27. The second-order valence-electron chi connectivity index (χ2n) is 7.01. The Morgan fingerprint density at radius 2 is 1.91 bits per heavy atom. The van der Waals surface area contributed by atoms with Crippen LogP contribution in [0.4, 0.5) is 5.69 Å². The van der Waals surface area contributed by atoms with E-state index in [2.05, 4.69) is 10.3 Å². The van der Waals surface area contributed by atoms with Gasteiger partial charge in [0.1, 0.15) is 12.3 Å². The van der Waals surface area contributed by atoms with Gasteiger partial charge in [-0.3, -0.25) is 9.10 Å². The minimum absolute atomic E-state index is 0.0820. The maximum absolute atomic E-state index is 13.4. The zero-order valence-electron chi connectivity index (χ0n) is 18.2. The van der Waals surface area contributed by atoms with E-state index < -0.39 is 22.5 Å². The van der Waals surface area contributed by atoms with Gasteiger partial charge in [0.15, 0.2) is 0 Å². The summed E-state index contributed by atoms with van der Waals surface area (Å²) in [6.45, 7) is 1.84. The Hall–Kier alpha value is -2.75. The van der Waals surface area contributed by atoms with E-state index in [-0.39, 0.29) is 15.6 Å². The topological polar surface area (TPSA) is 88.6 Å². The van der Waals surface area contributed by atoms with Crippen LogP contribution in [0.5, 0.6) is 5.75 Å². The zero-order valence-corrected chi connectivity index (χ0v) is 20.6. The maximum Gasteiger partial charge on any atom is 0.264 e. The van der Waals surface area contributed by atoms with Crippen LogP contribution in [0.2, 0.25) is 5.02 Å². The van der Waals surface area contributed by atoms with Crippen molar-refractivity contribution in [2.75, 3.05) is 30.3 Å². The molecule has 0 saturated heterocycles. The molecule has 2 aromatic carbocycles. The third-order valence-electron chi connectivity index (χ3n) is 4.63. The average Bonchev–Trinajstić information content (AvgIpc) is 2.81. The fraction of sp³-hybridized carbons (Fsp3) is 0.217. The van der Waals surface area contributed by atoms with Crippen LogP contribution in [0.1, 0.15) is 5.56 Å². The lowest BCUT2D eigenvalue weighted by Crippen LogP contribution is -2.41. The van der Waals surface area contributed by atoms with E-state index in [0.717, 1.165) is 14.9 Å². The van der Waals surface area contributed by atoms with Gasteiger partial charge in [-0.15, -0.1) is 11.8 Å². The Bertz CT molecular complexity index is 1190. The third-order valence-corrected chi connectivity index (χ3v) is 7.66. The number of methoxy groups -OCH3 is 1. The van der Waals surface area contributed by atoms with E-state index in [1.165, 1.54) is 37.1 Å². The summed E-state index contributed by atoms with van der Waals surface area (Å²) in [5, 5.41) is 3.86. The number of anilines is 1. The van der Waals surface area contributed by atoms with Crippen molar-refractivity contribution >= 4 is 45.0 Å². The number of carbonyl (C=O) groups excluding carboxylic acids is 1. The fourth-order valence-corrected chi connectivity index (χ4v) is 5.32.